The fraction of sp³-hybridized carbons (Fsp3) is 0.217. The minimum absolute atomic E-state index is 0.0342. The molecule has 0 bridgehead atoms. The molecule has 0 spiro atoms. The van der Waals surface area contributed by atoms with E-state index in [4.69, 9.17) is 14.2 Å². The molecule has 0 amide bonds. The van der Waals surface area contributed by atoms with Gasteiger partial charge in [0, 0.05) is 16.8 Å². The van der Waals surface area contributed by atoms with Crippen LogP contribution in [0.2, 0.25) is 0 Å². The van der Waals surface area contributed by atoms with Crippen molar-refractivity contribution in [1.29, 1.82) is 0 Å². The Morgan fingerprint density at radius 2 is 1.84 bits per heavy atom. The summed E-state index contributed by atoms with van der Waals surface area (Å²) < 4.78 is 56.3. The molecule has 4 rings (SSSR count). The van der Waals surface area contributed by atoms with Gasteiger partial charge < -0.3 is 19.2 Å². The molecule has 9 heteroatoms. The molecular weight excluding hydrogens is 425 g/mol. The predicted molar refractivity (Wildman–Crippen MR) is 111 cm³/mol. The Balaban J connectivity index is 1.66. The summed E-state index contributed by atoms with van der Waals surface area (Å²) in [6, 6.07) is 10.2. The zero-order valence-corrected chi connectivity index (χ0v) is 17.2. The molecule has 0 atom stereocenters. The highest BCUT2D eigenvalue weighted by molar-refractivity contribution is 5.68. The minimum atomic E-state index is -4.55. The van der Waals surface area contributed by atoms with E-state index in [0.29, 0.717) is 28.9 Å². The van der Waals surface area contributed by atoms with Gasteiger partial charge in [0.05, 0.1) is 26.3 Å². The first-order valence-corrected chi connectivity index (χ1v) is 9.63. The first-order valence-electron chi connectivity index (χ1n) is 9.63. The maximum absolute atomic E-state index is 13.4. The van der Waals surface area contributed by atoms with Crippen molar-refractivity contribution >= 4 is 6.08 Å². The lowest BCUT2D eigenvalue weighted by molar-refractivity contribution is -0.138. The third kappa shape index (κ3) is 4.18. The van der Waals surface area contributed by atoms with Gasteiger partial charge >= 0.3 is 6.18 Å². The van der Waals surface area contributed by atoms with Crippen LogP contribution in [0.15, 0.2) is 52.3 Å². The second-order valence-electron chi connectivity index (χ2n) is 7.03. The molecular formula is C23H19F3N2O4. The maximum atomic E-state index is 13.4. The zero-order chi connectivity index (χ0) is 22.9. The number of rotatable bonds is 6. The van der Waals surface area contributed by atoms with Gasteiger partial charge in [0.15, 0.2) is 11.5 Å². The molecule has 2 aromatic carbocycles. The molecule has 3 aromatic rings. The van der Waals surface area contributed by atoms with Crippen LogP contribution < -0.4 is 30.5 Å². The summed E-state index contributed by atoms with van der Waals surface area (Å²) in [5.74, 6) is 0.709. The van der Waals surface area contributed by atoms with E-state index in [1.807, 2.05) is 6.08 Å². The number of halogens is 3. The molecule has 1 aliphatic rings. The van der Waals surface area contributed by atoms with E-state index in [0.717, 1.165) is 11.3 Å². The Bertz CT molecular complexity index is 1350. The molecule has 1 N–H and O–H groups in total. The van der Waals surface area contributed by atoms with Gasteiger partial charge in [-0.05, 0) is 35.4 Å². The van der Waals surface area contributed by atoms with Gasteiger partial charge in [0.2, 0.25) is 5.56 Å². The number of methoxy groups -OCH3 is 2. The standard InChI is InChI=1S/C23H19F3N2O4/c1-30-15-5-3-14(18(10-15)23(24,25)26)12-32-19-6-4-13(9-20(19)31-2)17-11-21(29)28-22-16(17)7-8-27-22/h3-7,9-11H,8,12H2,1-2H3,(H,27,28,29). The van der Waals surface area contributed by atoms with Crippen molar-refractivity contribution in [3.8, 4) is 28.4 Å². The number of benzene rings is 2. The average Bonchev–Trinajstić information content (AvgIpc) is 3.24. The van der Waals surface area contributed by atoms with E-state index in [2.05, 4.69) is 9.98 Å². The summed E-state index contributed by atoms with van der Waals surface area (Å²) in [6.45, 7) is 0.158. The minimum Gasteiger partial charge on any atom is -0.497 e. The Labute approximate surface area is 180 Å². The molecule has 0 aliphatic carbocycles. The van der Waals surface area contributed by atoms with Crippen LogP contribution in [0.5, 0.6) is 17.2 Å². The SMILES string of the molecule is COc1ccc(COc2ccc(-c3cc(=O)[nH]c4c3=CCN=4)cc2OC)c(C(F)(F)F)c1. The number of H-pyrrole nitrogens is 1. The summed E-state index contributed by atoms with van der Waals surface area (Å²) in [6.07, 6.45) is -2.65. The van der Waals surface area contributed by atoms with Crippen molar-refractivity contribution in [3.63, 3.8) is 0 Å². The summed E-state index contributed by atoms with van der Waals surface area (Å²) in [5, 5.41) is 0.813. The zero-order valence-electron chi connectivity index (χ0n) is 17.2. The normalized spacial score (nSPS) is 12.5. The lowest BCUT2D eigenvalue weighted by Crippen LogP contribution is -2.33. The monoisotopic (exact) mass is 444 g/mol. The van der Waals surface area contributed by atoms with E-state index in [9.17, 15) is 18.0 Å². The highest BCUT2D eigenvalue weighted by atomic mass is 19.4. The number of fused-ring (bicyclic) bond motifs is 1. The van der Waals surface area contributed by atoms with Crippen LogP contribution in [0.1, 0.15) is 11.1 Å². The Morgan fingerprint density at radius 3 is 2.56 bits per heavy atom. The molecule has 166 valence electrons. The van der Waals surface area contributed by atoms with Gasteiger partial charge in [-0.2, -0.15) is 13.2 Å². The van der Waals surface area contributed by atoms with Gasteiger partial charge in [0.25, 0.3) is 0 Å². The number of aromatic amines is 1. The Morgan fingerprint density at radius 1 is 1.03 bits per heavy atom. The van der Waals surface area contributed by atoms with E-state index in [-0.39, 0.29) is 29.2 Å². The fourth-order valence-corrected chi connectivity index (χ4v) is 3.54. The second-order valence-corrected chi connectivity index (χ2v) is 7.03. The number of alkyl halides is 3. The number of nitrogens with one attached hydrogen (secondary N) is 1. The van der Waals surface area contributed by atoms with Crippen LogP contribution in [-0.4, -0.2) is 25.7 Å². The topological polar surface area (TPSA) is 72.9 Å². The van der Waals surface area contributed by atoms with Gasteiger partial charge in [-0.3, -0.25) is 9.79 Å². The molecule has 0 unspecified atom stereocenters. The lowest BCUT2D eigenvalue weighted by Gasteiger charge is -2.16. The maximum Gasteiger partial charge on any atom is 0.416 e. The van der Waals surface area contributed by atoms with Crippen LogP contribution in [0.3, 0.4) is 0 Å². The Kier molecular flexibility index (Phi) is 5.65. The molecule has 0 saturated carbocycles. The van der Waals surface area contributed by atoms with Crippen molar-refractivity contribution in [2.75, 3.05) is 20.8 Å². The summed E-state index contributed by atoms with van der Waals surface area (Å²) in [4.78, 5) is 18.9. The molecule has 0 saturated heterocycles. The van der Waals surface area contributed by atoms with Crippen LogP contribution in [0, 0.1) is 0 Å². The molecule has 0 radical (unpaired) electrons. The summed E-state index contributed by atoms with van der Waals surface area (Å²) in [5.41, 5.74) is 0.760. The van der Waals surface area contributed by atoms with Crippen molar-refractivity contribution < 1.29 is 27.4 Å². The third-order valence-electron chi connectivity index (χ3n) is 5.09. The second kappa shape index (κ2) is 8.41. The first kappa shape index (κ1) is 21.5. The van der Waals surface area contributed by atoms with E-state index in [1.54, 1.807) is 18.2 Å². The molecule has 0 fully saturated rings. The number of ether oxygens (including phenoxy) is 3. The molecule has 2 heterocycles. The summed E-state index contributed by atoms with van der Waals surface area (Å²) in [7, 11) is 2.74. The average molecular weight is 444 g/mol. The Hall–Kier alpha value is -3.75. The highest BCUT2D eigenvalue weighted by Gasteiger charge is 2.34. The van der Waals surface area contributed by atoms with E-state index >= 15 is 0 Å². The van der Waals surface area contributed by atoms with Gasteiger partial charge in [-0.25, -0.2) is 0 Å². The molecule has 6 nitrogen and oxygen atoms in total. The number of pyridine rings is 1. The number of aromatic nitrogens is 1. The lowest BCUT2D eigenvalue weighted by atomic mass is 10.0. The molecule has 1 aliphatic heterocycles. The third-order valence-corrected chi connectivity index (χ3v) is 5.09. The molecule has 1 aromatic heterocycles. The fourth-order valence-electron chi connectivity index (χ4n) is 3.54. The van der Waals surface area contributed by atoms with E-state index in [1.165, 1.54) is 32.4 Å². The number of hydrogen-bond donors (Lipinski definition) is 1. The quantitative estimate of drug-likeness (QED) is 0.634. The summed E-state index contributed by atoms with van der Waals surface area (Å²) >= 11 is 0. The highest BCUT2D eigenvalue weighted by Crippen LogP contribution is 2.36. The van der Waals surface area contributed by atoms with Crippen LogP contribution >= 0.6 is 0 Å². The number of nitrogens with zero attached hydrogens (tertiary/aromatic N) is 1. The van der Waals surface area contributed by atoms with Crippen LogP contribution in [0.4, 0.5) is 13.2 Å². The largest absolute Gasteiger partial charge is 0.497 e. The van der Waals surface area contributed by atoms with Gasteiger partial charge in [-0.1, -0.05) is 18.2 Å². The van der Waals surface area contributed by atoms with Crippen LogP contribution in [-0.2, 0) is 12.8 Å². The predicted octanol–water partition coefficient (Wildman–Crippen LogP) is 3.07. The first-order chi connectivity index (χ1) is 15.3. The van der Waals surface area contributed by atoms with Crippen molar-refractivity contribution in [2.45, 2.75) is 12.8 Å². The van der Waals surface area contributed by atoms with Gasteiger partial charge in [-0.15, -0.1) is 0 Å². The van der Waals surface area contributed by atoms with Crippen LogP contribution in [0.25, 0.3) is 17.2 Å². The van der Waals surface area contributed by atoms with Crippen molar-refractivity contribution in [3.05, 3.63) is 74.7 Å². The number of hydrogen-bond acceptors (Lipinski definition) is 5. The smallest absolute Gasteiger partial charge is 0.416 e. The van der Waals surface area contributed by atoms with Crippen molar-refractivity contribution in [2.24, 2.45) is 4.99 Å². The van der Waals surface area contributed by atoms with Crippen molar-refractivity contribution in [1.82, 2.24) is 4.98 Å². The molecule has 32 heavy (non-hydrogen) atoms. The van der Waals surface area contributed by atoms with Gasteiger partial charge in [0.1, 0.15) is 17.8 Å². The van der Waals surface area contributed by atoms with E-state index < -0.39 is 11.7 Å².